The van der Waals surface area contributed by atoms with E-state index in [-0.39, 0.29) is 23.4 Å². The van der Waals surface area contributed by atoms with E-state index in [4.69, 9.17) is 4.74 Å². The van der Waals surface area contributed by atoms with Crippen molar-refractivity contribution < 1.29 is 18.7 Å². The minimum atomic E-state index is -0.551. The van der Waals surface area contributed by atoms with E-state index < -0.39 is 6.04 Å². The van der Waals surface area contributed by atoms with Crippen molar-refractivity contribution in [2.24, 2.45) is 0 Å². The number of rotatable bonds is 10. The minimum Gasteiger partial charge on any atom is -0.497 e. The summed E-state index contributed by atoms with van der Waals surface area (Å²) in [6.07, 6.45) is 0.512. The van der Waals surface area contributed by atoms with Crippen LogP contribution in [0.2, 0.25) is 0 Å². The van der Waals surface area contributed by atoms with Gasteiger partial charge in [0.15, 0.2) is 0 Å². The van der Waals surface area contributed by atoms with Crippen molar-refractivity contribution in [2.75, 3.05) is 19.9 Å². The molecule has 0 radical (unpaired) electrons. The average molecular weight is 419 g/mol. The number of carbonyl (C=O) groups is 2. The van der Waals surface area contributed by atoms with Gasteiger partial charge in [0.25, 0.3) is 0 Å². The molecule has 0 aromatic heterocycles. The molecule has 156 valence electrons. The molecular formula is C22H27FN2O3S. The maximum Gasteiger partial charge on any atom is 0.242 e. The number of nitrogens with one attached hydrogen (secondary N) is 1. The molecule has 0 saturated heterocycles. The lowest BCUT2D eigenvalue weighted by Gasteiger charge is -2.30. The molecule has 2 rings (SSSR count). The summed E-state index contributed by atoms with van der Waals surface area (Å²) in [5.41, 5.74) is 1.84. The highest BCUT2D eigenvalue weighted by Gasteiger charge is 2.27. The summed E-state index contributed by atoms with van der Waals surface area (Å²) in [5, 5.41) is 2.65. The van der Waals surface area contributed by atoms with Crippen molar-refractivity contribution in [2.45, 2.75) is 31.7 Å². The number of thioether (sulfide) groups is 1. The van der Waals surface area contributed by atoms with E-state index in [1.54, 1.807) is 31.2 Å². The van der Waals surface area contributed by atoms with Crippen molar-refractivity contribution >= 4 is 23.6 Å². The molecule has 7 heteroatoms. The second kappa shape index (κ2) is 11.5. The third kappa shape index (κ3) is 6.78. The quantitative estimate of drug-likeness (QED) is 0.640. The molecule has 29 heavy (non-hydrogen) atoms. The van der Waals surface area contributed by atoms with Gasteiger partial charge in [0, 0.05) is 19.3 Å². The highest BCUT2D eigenvalue weighted by atomic mass is 32.2. The molecule has 2 aromatic rings. The van der Waals surface area contributed by atoms with Gasteiger partial charge in [-0.15, -0.1) is 11.8 Å². The summed E-state index contributed by atoms with van der Waals surface area (Å²) in [5.74, 6) is 0.942. The molecule has 0 fully saturated rings. The first-order valence-electron chi connectivity index (χ1n) is 9.44. The van der Waals surface area contributed by atoms with Gasteiger partial charge in [-0.1, -0.05) is 31.2 Å². The first-order chi connectivity index (χ1) is 14.0. The van der Waals surface area contributed by atoms with Crippen molar-refractivity contribution in [3.05, 3.63) is 65.5 Å². The summed E-state index contributed by atoms with van der Waals surface area (Å²) >= 11 is 1.44. The molecule has 1 N–H and O–H groups in total. The number of ether oxygens (including phenoxy) is 1. The van der Waals surface area contributed by atoms with Crippen LogP contribution in [0.5, 0.6) is 5.75 Å². The maximum atomic E-state index is 13.0. The third-order valence-corrected chi connectivity index (χ3v) is 5.52. The molecule has 0 aliphatic carbocycles. The molecule has 0 bridgehead atoms. The molecule has 2 aromatic carbocycles. The van der Waals surface area contributed by atoms with Crippen LogP contribution >= 0.6 is 11.8 Å². The fourth-order valence-corrected chi connectivity index (χ4v) is 3.84. The Morgan fingerprint density at radius 1 is 1.17 bits per heavy atom. The molecule has 1 atom stereocenters. The Hall–Kier alpha value is -2.54. The van der Waals surface area contributed by atoms with Crippen molar-refractivity contribution in [3.63, 3.8) is 0 Å². The molecule has 0 saturated carbocycles. The van der Waals surface area contributed by atoms with E-state index in [9.17, 15) is 14.0 Å². The zero-order valence-electron chi connectivity index (χ0n) is 17.0. The number of amides is 2. The lowest BCUT2D eigenvalue weighted by molar-refractivity contribution is -0.139. The fourth-order valence-electron chi connectivity index (χ4n) is 2.97. The van der Waals surface area contributed by atoms with Crippen molar-refractivity contribution in [3.8, 4) is 5.75 Å². The van der Waals surface area contributed by atoms with Gasteiger partial charge in [-0.25, -0.2) is 4.39 Å². The van der Waals surface area contributed by atoms with Crippen LogP contribution in [0.4, 0.5) is 4.39 Å². The van der Waals surface area contributed by atoms with Gasteiger partial charge in [0.1, 0.15) is 17.6 Å². The van der Waals surface area contributed by atoms with Gasteiger partial charge >= 0.3 is 0 Å². The zero-order valence-corrected chi connectivity index (χ0v) is 17.8. The van der Waals surface area contributed by atoms with E-state index in [0.29, 0.717) is 24.5 Å². The van der Waals surface area contributed by atoms with E-state index in [1.807, 2.05) is 31.2 Å². The van der Waals surface area contributed by atoms with Gasteiger partial charge in [0.05, 0.1) is 12.9 Å². The van der Waals surface area contributed by atoms with E-state index in [0.717, 1.165) is 11.1 Å². The number of methoxy groups -OCH3 is 1. The van der Waals surface area contributed by atoms with Crippen LogP contribution in [-0.2, 0) is 21.9 Å². The topological polar surface area (TPSA) is 58.6 Å². The Balaban J connectivity index is 2.10. The van der Waals surface area contributed by atoms with Gasteiger partial charge in [-0.3, -0.25) is 9.59 Å². The van der Waals surface area contributed by atoms with E-state index in [1.165, 1.54) is 23.9 Å². The molecular weight excluding hydrogens is 391 g/mol. The number of benzene rings is 2. The van der Waals surface area contributed by atoms with Crippen LogP contribution in [0.1, 0.15) is 24.5 Å². The van der Waals surface area contributed by atoms with Crippen LogP contribution < -0.4 is 10.1 Å². The van der Waals surface area contributed by atoms with Crippen LogP contribution in [-0.4, -0.2) is 42.7 Å². The van der Waals surface area contributed by atoms with Gasteiger partial charge in [-0.05, 0) is 41.8 Å². The highest BCUT2D eigenvalue weighted by Crippen LogP contribution is 2.19. The largest absolute Gasteiger partial charge is 0.497 e. The second-order valence-electron chi connectivity index (χ2n) is 6.53. The van der Waals surface area contributed by atoms with E-state index >= 15 is 0 Å². The van der Waals surface area contributed by atoms with Gasteiger partial charge in [-0.2, -0.15) is 0 Å². The van der Waals surface area contributed by atoms with Crippen LogP contribution in [0.15, 0.2) is 48.5 Å². The van der Waals surface area contributed by atoms with Gasteiger partial charge in [0.2, 0.25) is 11.8 Å². The number of halogens is 1. The standard InChI is InChI=1S/C22H27FN2O3S/c1-4-20(22(27)24-2)25(13-17-6-5-7-19(12-17)28-3)21(26)15-29-14-16-8-10-18(23)11-9-16/h5-12,20H,4,13-15H2,1-3H3,(H,24,27)/t20-/m0/s1. The Morgan fingerprint density at radius 3 is 2.52 bits per heavy atom. The first-order valence-corrected chi connectivity index (χ1v) is 10.6. The number of hydrogen-bond donors (Lipinski definition) is 1. The Kier molecular flexibility index (Phi) is 8.99. The molecule has 2 amide bonds. The first kappa shape index (κ1) is 22.7. The lowest BCUT2D eigenvalue weighted by atomic mass is 10.1. The number of carbonyl (C=O) groups excluding carboxylic acids is 2. The number of hydrogen-bond acceptors (Lipinski definition) is 4. The Labute approximate surface area is 175 Å². The highest BCUT2D eigenvalue weighted by molar-refractivity contribution is 7.99. The predicted octanol–water partition coefficient (Wildman–Crippen LogP) is 3.62. The lowest BCUT2D eigenvalue weighted by Crippen LogP contribution is -2.48. The predicted molar refractivity (Wildman–Crippen MR) is 114 cm³/mol. The molecule has 0 unspecified atom stereocenters. The second-order valence-corrected chi connectivity index (χ2v) is 7.52. The Morgan fingerprint density at radius 2 is 1.90 bits per heavy atom. The fraction of sp³-hybridized carbons (Fsp3) is 0.364. The molecule has 0 aliphatic rings. The van der Waals surface area contributed by atoms with Crippen LogP contribution in [0.25, 0.3) is 0 Å². The molecule has 0 spiro atoms. The molecule has 0 heterocycles. The SMILES string of the molecule is CC[C@@H](C(=O)NC)N(Cc1cccc(OC)c1)C(=O)CSCc1ccc(F)cc1. The zero-order chi connectivity index (χ0) is 21.2. The maximum absolute atomic E-state index is 13.0. The third-order valence-electron chi connectivity index (χ3n) is 4.53. The summed E-state index contributed by atoms with van der Waals surface area (Å²) in [7, 11) is 3.16. The van der Waals surface area contributed by atoms with Crippen LogP contribution in [0.3, 0.4) is 0 Å². The smallest absolute Gasteiger partial charge is 0.242 e. The monoisotopic (exact) mass is 418 g/mol. The van der Waals surface area contributed by atoms with Crippen molar-refractivity contribution in [1.29, 1.82) is 0 Å². The Bertz CT molecular complexity index is 814. The normalized spacial score (nSPS) is 11.6. The summed E-state index contributed by atoms with van der Waals surface area (Å²) < 4.78 is 18.3. The summed E-state index contributed by atoms with van der Waals surface area (Å²) in [6.45, 7) is 2.20. The number of nitrogens with zero attached hydrogens (tertiary/aromatic N) is 1. The van der Waals surface area contributed by atoms with Crippen molar-refractivity contribution in [1.82, 2.24) is 10.2 Å². The summed E-state index contributed by atoms with van der Waals surface area (Å²) in [4.78, 5) is 27.0. The number of likely N-dealkylation sites (N-methyl/N-ethyl adjacent to an activating group) is 1. The summed E-state index contributed by atoms with van der Waals surface area (Å²) in [6, 6.07) is 13.2. The minimum absolute atomic E-state index is 0.115. The van der Waals surface area contributed by atoms with Crippen LogP contribution in [0, 0.1) is 5.82 Å². The molecule has 0 aliphatic heterocycles. The average Bonchev–Trinajstić information content (AvgIpc) is 2.74. The van der Waals surface area contributed by atoms with E-state index in [2.05, 4.69) is 5.32 Å². The molecule has 5 nitrogen and oxygen atoms in total. The van der Waals surface area contributed by atoms with Gasteiger partial charge < -0.3 is 15.0 Å².